The van der Waals surface area contributed by atoms with E-state index in [2.05, 4.69) is 29.1 Å². The molecule has 0 aliphatic carbocycles. The molecule has 2 rings (SSSR count). The Hall–Kier alpha value is -1.85. The summed E-state index contributed by atoms with van der Waals surface area (Å²) in [6.45, 7) is 0. The number of pyridine rings is 1. The molecule has 1 aromatic carbocycles. The van der Waals surface area contributed by atoms with Gasteiger partial charge in [0.25, 0.3) is 0 Å². The molecule has 0 amide bonds. The summed E-state index contributed by atoms with van der Waals surface area (Å²) in [6, 6.07) is 10.2. The molecule has 0 spiro atoms. The van der Waals surface area contributed by atoms with E-state index in [9.17, 15) is 0 Å². The van der Waals surface area contributed by atoms with Gasteiger partial charge in [-0.15, -0.1) is 12.3 Å². The number of terminal acetylenes is 1. The summed E-state index contributed by atoms with van der Waals surface area (Å²) in [4.78, 5) is 4.29. The van der Waals surface area contributed by atoms with Crippen LogP contribution in [0.25, 0.3) is 10.9 Å². The van der Waals surface area contributed by atoms with Gasteiger partial charge in [0.1, 0.15) is 0 Å². The van der Waals surface area contributed by atoms with Gasteiger partial charge in [-0.1, -0.05) is 12.1 Å². The monoisotopic (exact) mass is 224 g/mol. The Labute approximate surface area is 102 Å². The largest absolute Gasteiger partial charge is 0.324 e. The molecule has 2 heteroatoms. The molecule has 1 atom stereocenters. The second kappa shape index (κ2) is 5.47. The standard InChI is InChI=1S/C15H16N2/c1-2-3-4-7-14(16)12-8-9-15-13(11-12)6-5-10-17-15/h1,5-6,8-11,14H,3-4,7,16H2. The highest BCUT2D eigenvalue weighted by Crippen LogP contribution is 2.20. The summed E-state index contributed by atoms with van der Waals surface area (Å²) in [6.07, 6.45) is 9.73. The van der Waals surface area contributed by atoms with Crippen LogP contribution < -0.4 is 5.73 Å². The SMILES string of the molecule is C#CCCCC(N)c1ccc2ncccc2c1. The predicted molar refractivity (Wildman–Crippen MR) is 71.4 cm³/mol. The van der Waals surface area contributed by atoms with Crippen molar-refractivity contribution >= 4 is 10.9 Å². The van der Waals surface area contributed by atoms with Crippen LogP contribution in [0.1, 0.15) is 30.9 Å². The Kier molecular flexibility index (Phi) is 3.74. The first-order chi connectivity index (χ1) is 8.31. The van der Waals surface area contributed by atoms with Crippen molar-refractivity contribution in [3.05, 3.63) is 42.1 Å². The predicted octanol–water partition coefficient (Wildman–Crippen LogP) is 3.04. The fourth-order valence-corrected chi connectivity index (χ4v) is 1.92. The number of rotatable bonds is 4. The lowest BCUT2D eigenvalue weighted by atomic mass is 10.0. The minimum Gasteiger partial charge on any atom is -0.324 e. The Morgan fingerprint density at radius 1 is 1.35 bits per heavy atom. The number of hydrogen-bond acceptors (Lipinski definition) is 2. The average Bonchev–Trinajstić information content (AvgIpc) is 2.38. The topological polar surface area (TPSA) is 38.9 Å². The van der Waals surface area contributed by atoms with Gasteiger partial charge >= 0.3 is 0 Å². The first kappa shape index (κ1) is 11.6. The molecule has 2 N–H and O–H groups in total. The van der Waals surface area contributed by atoms with Gasteiger partial charge in [0.05, 0.1) is 5.52 Å². The van der Waals surface area contributed by atoms with E-state index >= 15 is 0 Å². The average molecular weight is 224 g/mol. The van der Waals surface area contributed by atoms with E-state index in [4.69, 9.17) is 12.2 Å². The molecular formula is C15H16N2. The maximum Gasteiger partial charge on any atom is 0.0702 e. The third-order valence-electron chi connectivity index (χ3n) is 2.89. The van der Waals surface area contributed by atoms with Gasteiger partial charge in [0.2, 0.25) is 0 Å². The van der Waals surface area contributed by atoms with Gasteiger partial charge in [-0.25, -0.2) is 0 Å². The molecular weight excluding hydrogens is 208 g/mol. The van der Waals surface area contributed by atoms with Crippen LogP contribution in [-0.2, 0) is 0 Å². The number of hydrogen-bond donors (Lipinski definition) is 1. The third kappa shape index (κ3) is 2.83. The zero-order chi connectivity index (χ0) is 12.1. The molecule has 86 valence electrons. The van der Waals surface area contributed by atoms with E-state index in [1.807, 2.05) is 12.1 Å². The Bertz CT molecular complexity index is 540. The van der Waals surface area contributed by atoms with Gasteiger partial charge in [0.15, 0.2) is 0 Å². The number of nitrogens with zero attached hydrogens (tertiary/aromatic N) is 1. The van der Waals surface area contributed by atoms with Gasteiger partial charge < -0.3 is 5.73 Å². The quantitative estimate of drug-likeness (QED) is 0.640. The molecule has 0 aliphatic rings. The summed E-state index contributed by atoms with van der Waals surface area (Å²) in [5, 5.41) is 1.14. The number of nitrogens with two attached hydrogens (primary N) is 1. The summed E-state index contributed by atoms with van der Waals surface area (Å²) < 4.78 is 0. The number of benzene rings is 1. The highest BCUT2D eigenvalue weighted by molar-refractivity contribution is 5.79. The first-order valence-corrected chi connectivity index (χ1v) is 5.85. The van der Waals surface area contributed by atoms with Crippen molar-refractivity contribution in [1.82, 2.24) is 4.98 Å². The lowest BCUT2D eigenvalue weighted by Crippen LogP contribution is -2.09. The summed E-state index contributed by atoms with van der Waals surface area (Å²) in [5.74, 6) is 2.64. The van der Waals surface area contributed by atoms with Gasteiger partial charge in [-0.3, -0.25) is 4.98 Å². The molecule has 0 saturated heterocycles. The van der Waals surface area contributed by atoms with Crippen LogP contribution in [0.3, 0.4) is 0 Å². The van der Waals surface area contributed by atoms with Gasteiger partial charge in [0, 0.05) is 24.0 Å². The highest BCUT2D eigenvalue weighted by Gasteiger charge is 2.06. The van der Waals surface area contributed by atoms with Crippen LogP contribution in [0.5, 0.6) is 0 Å². The normalized spacial score (nSPS) is 12.2. The van der Waals surface area contributed by atoms with Crippen molar-refractivity contribution in [3.8, 4) is 12.3 Å². The molecule has 0 radical (unpaired) electrons. The highest BCUT2D eigenvalue weighted by atomic mass is 14.6. The van der Waals surface area contributed by atoms with Crippen LogP contribution in [0.4, 0.5) is 0 Å². The maximum absolute atomic E-state index is 6.14. The molecule has 1 heterocycles. The van der Waals surface area contributed by atoms with Crippen LogP contribution in [0, 0.1) is 12.3 Å². The Morgan fingerprint density at radius 2 is 2.24 bits per heavy atom. The second-order valence-electron chi connectivity index (χ2n) is 4.16. The zero-order valence-corrected chi connectivity index (χ0v) is 9.76. The van der Waals surface area contributed by atoms with Gasteiger partial charge in [-0.05, 0) is 36.6 Å². The molecule has 17 heavy (non-hydrogen) atoms. The lowest BCUT2D eigenvalue weighted by molar-refractivity contribution is 0.621. The minimum absolute atomic E-state index is 0.0629. The van der Waals surface area contributed by atoms with E-state index in [0.29, 0.717) is 0 Å². The number of fused-ring (bicyclic) bond motifs is 1. The van der Waals surface area contributed by atoms with Crippen molar-refractivity contribution in [3.63, 3.8) is 0 Å². The number of unbranched alkanes of at least 4 members (excludes halogenated alkanes) is 1. The molecule has 0 fully saturated rings. The smallest absolute Gasteiger partial charge is 0.0702 e. The van der Waals surface area contributed by atoms with Crippen molar-refractivity contribution in [2.24, 2.45) is 5.73 Å². The third-order valence-corrected chi connectivity index (χ3v) is 2.89. The van der Waals surface area contributed by atoms with Crippen LogP contribution in [0.15, 0.2) is 36.5 Å². The van der Waals surface area contributed by atoms with Crippen LogP contribution in [-0.4, -0.2) is 4.98 Å². The molecule has 2 aromatic rings. The van der Waals surface area contributed by atoms with E-state index in [-0.39, 0.29) is 6.04 Å². The number of aromatic nitrogens is 1. The zero-order valence-electron chi connectivity index (χ0n) is 9.76. The molecule has 1 aromatic heterocycles. The second-order valence-corrected chi connectivity index (χ2v) is 4.16. The van der Waals surface area contributed by atoms with E-state index in [1.54, 1.807) is 6.20 Å². The van der Waals surface area contributed by atoms with Crippen LogP contribution >= 0.6 is 0 Å². The fraction of sp³-hybridized carbons (Fsp3) is 0.267. The van der Waals surface area contributed by atoms with Crippen molar-refractivity contribution in [2.45, 2.75) is 25.3 Å². The molecule has 2 nitrogen and oxygen atoms in total. The minimum atomic E-state index is 0.0629. The van der Waals surface area contributed by atoms with E-state index in [1.165, 1.54) is 0 Å². The van der Waals surface area contributed by atoms with E-state index in [0.717, 1.165) is 35.7 Å². The Balaban J connectivity index is 2.16. The lowest BCUT2D eigenvalue weighted by Gasteiger charge is -2.11. The van der Waals surface area contributed by atoms with E-state index < -0.39 is 0 Å². The maximum atomic E-state index is 6.14. The molecule has 1 unspecified atom stereocenters. The first-order valence-electron chi connectivity index (χ1n) is 5.85. The van der Waals surface area contributed by atoms with Crippen molar-refractivity contribution in [1.29, 1.82) is 0 Å². The molecule has 0 bridgehead atoms. The molecule has 0 aliphatic heterocycles. The van der Waals surface area contributed by atoms with Crippen LogP contribution in [0.2, 0.25) is 0 Å². The van der Waals surface area contributed by atoms with Crippen molar-refractivity contribution < 1.29 is 0 Å². The summed E-state index contributed by atoms with van der Waals surface area (Å²) in [5.41, 5.74) is 8.30. The van der Waals surface area contributed by atoms with Crippen molar-refractivity contribution in [2.75, 3.05) is 0 Å². The Morgan fingerprint density at radius 3 is 3.06 bits per heavy atom. The fourth-order valence-electron chi connectivity index (χ4n) is 1.92. The summed E-state index contributed by atoms with van der Waals surface area (Å²) >= 11 is 0. The summed E-state index contributed by atoms with van der Waals surface area (Å²) in [7, 11) is 0. The molecule has 0 saturated carbocycles. The van der Waals surface area contributed by atoms with Gasteiger partial charge in [-0.2, -0.15) is 0 Å².